The van der Waals surface area contributed by atoms with Gasteiger partial charge >= 0.3 is 5.91 Å². The van der Waals surface area contributed by atoms with E-state index in [0.717, 1.165) is 8.95 Å². The van der Waals surface area contributed by atoms with Crippen molar-refractivity contribution in [2.45, 2.75) is 6.10 Å². The van der Waals surface area contributed by atoms with Gasteiger partial charge in [-0.2, -0.15) is 0 Å². The third-order valence-electron chi connectivity index (χ3n) is 3.81. The van der Waals surface area contributed by atoms with E-state index < -0.39 is 12.0 Å². The normalized spacial score (nSPS) is 16.3. The van der Waals surface area contributed by atoms with Crippen LogP contribution in [0.2, 0.25) is 0 Å². The molecule has 0 bridgehead atoms. The van der Waals surface area contributed by atoms with Gasteiger partial charge in [-0.15, -0.1) is 10.2 Å². The lowest BCUT2D eigenvalue weighted by Gasteiger charge is -2.23. The van der Waals surface area contributed by atoms with E-state index in [1.54, 1.807) is 24.3 Å². The molecular formula is C17H11Br2N3O4. The van der Waals surface area contributed by atoms with Crippen LogP contribution in [0.4, 0.5) is 5.69 Å². The zero-order valence-corrected chi connectivity index (χ0v) is 16.2. The van der Waals surface area contributed by atoms with Crippen LogP contribution in [0.1, 0.15) is 0 Å². The van der Waals surface area contributed by atoms with Gasteiger partial charge in [-0.3, -0.25) is 4.79 Å². The summed E-state index contributed by atoms with van der Waals surface area (Å²) in [6.07, 6.45) is -0.889. The highest BCUT2D eigenvalue weighted by molar-refractivity contribution is 9.11. The summed E-state index contributed by atoms with van der Waals surface area (Å²) in [6, 6.07) is 10.7. The van der Waals surface area contributed by atoms with Gasteiger partial charge in [0.1, 0.15) is 6.61 Å². The number of hydrogen-bond acceptors (Lipinski definition) is 5. The van der Waals surface area contributed by atoms with Crippen LogP contribution < -0.4 is 9.47 Å². The zero-order chi connectivity index (χ0) is 18.3. The molecule has 3 aromatic rings. The number of amides is 1. The minimum atomic E-state index is -0.889. The molecule has 1 aliphatic rings. The van der Waals surface area contributed by atoms with Gasteiger partial charge in [0.25, 0.3) is 0 Å². The topological polar surface area (TPSA) is 96.3 Å². The van der Waals surface area contributed by atoms with Crippen molar-refractivity contribution in [3.8, 4) is 17.4 Å². The Morgan fingerprint density at radius 2 is 2.00 bits per heavy atom. The number of carbonyl (C=O) groups is 1. The van der Waals surface area contributed by atoms with Crippen LogP contribution in [0.15, 0.2) is 55.6 Å². The summed E-state index contributed by atoms with van der Waals surface area (Å²) >= 11 is 6.79. The van der Waals surface area contributed by atoms with Crippen molar-refractivity contribution in [1.29, 1.82) is 0 Å². The largest absolute Gasteiger partial charge is 0.493 e. The van der Waals surface area contributed by atoms with Crippen LogP contribution in [0, 0.1) is 0 Å². The van der Waals surface area contributed by atoms with E-state index in [1.807, 2.05) is 12.1 Å². The highest BCUT2D eigenvalue weighted by Gasteiger charge is 2.27. The summed E-state index contributed by atoms with van der Waals surface area (Å²) in [4.78, 5) is 15.1. The number of hydrogen-bond donors (Lipinski definition) is 2. The first kappa shape index (κ1) is 17.0. The second kappa shape index (κ2) is 6.73. The van der Waals surface area contributed by atoms with Crippen LogP contribution in [0.5, 0.6) is 17.4 Å². The van der Waals surface area contributed by atoms with Crippen LogP contribution in [-0.2, 0) is 4.79 Å². The molecule has 4 rings (SSSR count). The number of fused-ring (bicyclic) bond motifs is 2. The number of nitrogens with one attached hydrogen (secondary N) is 1. The van der Waals surface area contributed by atoms with Crippen molar-refractivity contribution in [3.63, 3.8) is 0 Å². The predicted octanol–water partition coefficient (Wildman–Crippen LogP) is 4.85. The second-order valence-corrected chi connectivity index (χ2v) is 7.30. The molecule has 132 valence electrons. The molecule has 0 saturated carbocycles. The van der Waals surface area contributed by atoms with E-state index in [9.17, 15) is 9.90 Å². The Bertz CT molecular complexity index is 1050. The molecule has 1 aromatic heterocycles. The molecule has 0 fully saturated rings. The summed E-state index contributed by atoms with van der Waals surface area (Å²) in [5.74, 6) is 0.288. The lowest BCUT2D eigenvalue weighted by molar-refractivity contribution is -0.127. The molecule has 1 amide bonds. The first-order valence-electron chi connectivity index (χ1n) is 7.56. The van der Waals surface area contributed by atoms with Gasteiger partial charge in [0.2, 0.25) is 12.0 Å². The number of aromatic amines is 1. The van der Waals surface area contributed by atoms with Gasteiger partial charge < -0.3 is 19.6 Å². The van der Waals surface area contributed by atoms with Gasteiger partial charge in [0.15, 0.2) is 17.2 Å². The van der Waals surface area contributed by atoms with Crippen molar-refractivity contribution in [2.75, 3.05) is 6.61 Å². The minimum absolute atomic E-state index is 0.0475. The molecule has 26 heavy (non-hydrogen) atoms. The Kier molecular flexibility index (Phi) is 4.41. The maximum absolute atomic E-state index is 12.3. The van der Waals surface area contributed by atoms with E-state index in [0.29, 0.717) is 22.4 Å². The molecule has 0 aliphatic carbocycles. The summed E-state index contributed by atoms with van der Waals surface area (Å²) in [5.41, 5.74) is 0.825. The maximum Gasteiger partial charge on any atom is 0.308 e. The van der Waals surface area contributed by atoms with E-state index in [1.165, 1.54) is 0 Å². The van der Waals surface area contributed by atoms with E-state index in [2.05, 4.69) is 47.1 Å². The Balaban J connectivity index is 1.60. The smallest absolute Gasteiger partial charge is 0.308 e. The van der Waals surface area contributed by atoms with Crippen LogP contribution in [0.3, 0.4) is 0 Å². The average molecular weight is 481 g/mol. The van der Waals surface area contributed by atoms with Crippen molar-refractivity contribution >= 4 is 54.4 Å². The number of aromatic hydroxyl groups is 1. The molecule has 0 unspecified atom stereocenters. The molecule has 0 saturated heterocycles. The summed E-state index contributed by atoms with van der Waals surface area (Å²) in [5, 5.41) is 18.3. The van der Waals surface area contributed by atoms with E-state index in [-0.39, 0.29) is 18.2 Å². The van der Waals surface area contributed by atoms with Crippen LogP contribution in [-0.4, -0.2) is 28.7 Å². The highest BCUT2D eigenvalue weighted by atomic mass is 79.9. The lowest BCUT2D eigenvalue weighted by Crippen LogP contribution is -2.35. The summed E-state index contributed by atoms with van der Waals surface area (Å²) in [7, 11) is 0. The quantitative estimate of drug-likeness (QED) is 0.512. The molecule has 7 nitrogen and oxygen atoms in total. The number of aromatic nitrogens is 1. The number of para-hydroxylation sites is 2. The molecule has 1 aliphatic heterocycles. The minimum Gasteiger partial charge on any atom is -0.493 e. The molecule has 0 spiro atoms. The van der Waals surface area contributed by atoms with Gasteiger partial charge in [-0.05, 0) is 40.2 Å². The third kappa shape index (κ3) is 3.08. The second-order valence-electron chi connectivity index (χ2n) is 5.53. The fourth-order valence-corrected chi connectivity index (χ4v) is 3.92. The Hall–Kier alpha value is -2.39. The molecule has 2 N–H and O–H groups in total. The fourth-order valence-electron chi connectivity index (χ4n) is 2.60. The number of H-pyrrole nitrogens is 1. The number of benzene rings is 2. The summed E-state index contributed by atoms with van der Waals surface area (Å²) in [6.45, 7) is 0.0475. The SMILES string of the molecule is O=C(N=Nc1c(O)[nH]c2c(Br)cc(Br)cc12)[C@@H]1COc2ccccc2O1. The standard InChI is InChI=1S/C17H11Br2N3O4/c18-8-5-9-14(10(19)6-8)20-17(24)15(9)21-22-16(23)13-7-25-11-3-1-2-4-12(11)26-13/h1-6,13,20,24H,7H2/t13-/m0/s1. The molecule has 2 aromatic carbocycles. The number of halogens is 2. The first-order chi connectivity index (χ1) is 12.5. The van der Waals surface area contributed by atoms with Crippen molar-refractivity contribution in [1.82, 2.24) is 4.98 Å². The number of carbonyl (C=O) groups excluding carboxylic acids is 1. The molecule has 1 atom stereocenters. The van der Waals surface area contributed by atoms with Gasteiger partial charge in [-0.1, -0.05) is 28.1 Å². The monoisotopic (exact) mass is 479 g/mol. The number of rotatable bonds is 2. The van der Waals surface area contributed by atoms with Crippen LogP contribution >= 0.6 is 31.9 Å². The highest BCUT2D eigenvalue weighted by Crippen LogP contribution is 2.40. The van der Waals surface area contributed by atoms with Gasteiger partial charge in [-0.25, -0.2) is 0 Å². The average Bonchev–Trinajstić information content (AvgIpc) is 2.95. The first-order valence-corrected chi connectivity index (χ1v) is 9.15. The van der Waals surface area contributed by atoms with Gasteiger partial charge in [0.05, 0.1) is 5.52 Å². The number of azo groups is 1. The Morgan fingerprint density at radius 3 is 2.81 bits per heavy atom. The van der Waals surface area contributed by atoms with Gasteiger partial charge in [0, 0.05) is 14.3 Å². The molecule has 0 radical (unpaired) electrons. The van der Waals surface area contributed by atoms with Crippen molar-refractivity contribution in [2.24, 2.45) is 10.2 Å². The molecule has 2 heterocycles. The fraction of sp³-hybridized carbons (Fsp3) is 0.118. The third-order valence-corrected chi connectivity index (χ3v) is 4.89. The molecular weight excluding hydrogens is 470 g/mol. The Labute approximate surface area is 164 Å². The molecule has 9 heteroatoms. The lowest BCUT2D eigenvalue weighted by atomic mass is 10.2. The number of ether oxygens (including phenoxy) is 2. The van der Waals surface area contributed by atoms with Crippen LogP contribution in [0.25, 0.3) is 10.9 Å². The zero-order valence-electron chi connectivity index (χ0n) is 13.1. The van der Waals surface area contributed by atoms with Crippen molar-refractivity contribution < 1.29 is 19.4 Å². The van der Waals surface area contributed by atoms with E-state index in [4.69, 9.17) is 9.47 Å². The van der Waals surface area contributed by atoms with Crippen molar-refractivity contribution in [3.05, 3.63) is 45.3 Å². The predicted molar refractivity (Wildman–Crippen MR) is 101 cm³/mol. The van der Waals surface area contributed by atoms with E-state index >= 15 is 0 Å². The maximum atomic E-state index is 12.3. The number of nitrogens with zero attached hydrogens (tertiary/aromatic N) is 2. The Morgan fingerprint density at radius 1 is 1.23 bits per heavy atom. The summed E-state index contributed by atoms with van der Waals surface area (Å²) < 4.78 is 12.6.